The third-order valence-corrected chi connectivity index (χ3v) is 6.09. The molecular formula is C21H29N3O2S. The topological polar surface area (TPSA) is 64.0 Å². The normalized spacial score (nSPS) is 13.2. The largest absolute Gasteiger partial charge is 0.353 e. The van der Waals surface area contributed by atoms with Crippen LogP contribution in [0, 0.1) is 6.92 Å². The van der Waals surface area contributed by atoms with E-state index in [0.717, 1.165) is 17.7 Å². The molecule has 5 nitrogen and oxygen atoms in total. The lowest BCUT2D eigenvalue weighted by Gasteiger charge is -2.19. The van der Waals surface area contributed by atoms with Crippen molar-refractivity contribution in [3.05, 3.63) is 57.5 Å². The first kappa shape index (κ1) is 21.2. The monoisotopic (exact) mass is 387 g/mol. The summed E-state index contributed by atoms with van der Waals surface area (Å²) in [6.07, 6.45) is 2.12. The van der Waals surface area contributed by atoms with Crippen LogP contribution in [0.3, 0.4) is 0 Å². The van der Waals surface area contributed by atoms with Crippen LogP contribution in [0.1, 0.15) is 50.4 Å². The van der Waals surface area contributed by atoms with Crippen LogP contribution in [0.15, 0.2) is 40.3 Å². The van der Waals surface area contributed by atoms with E-state index in [1.54, 1.807) is 11.6 Å². The van der Waals surface area contributed by atoms with Gasteiger partial charge in [0.05, 0.1) is 5.25 Å². The van der Waals surface area contributed by atoms with Gasteiger partial charge in [0.1, 0.15) is 0 Å². The minimum Gasteiger partial charge on any atom is -0.353 e. The van der Waals surface area contributed by atoms with Gasteiger partial charge in [0.25, 0.3) is 5.56 Å². The summed E-state index contributed by atoms with van der Waals surface area (Å²) in [7, 11) is 1.73. The van der Waals surface area contributed by atoms with Crippen molar-refractivity contribution in [1.82, 2.24) is 14.9 Å². The van der Waals surface area contributed by atoms with Gasteiger partial charge in [-0.2, -0.15) is 0 Å². The molecule has 1 aromatic heterocycles. The zero-order valence-electron chi connectivity index (χ0n) is 16.8. The van der Waals surface area contributed by atoms with E-state index in [0.29, 0.717) is 23.6 Å². The van der Waals surface area contributed by atoms with Crippen molar-refractivity contribution in [1.29, 1.82) is 0 Å². The molecule has 27 heavy (non-hydrogen) atoms. The number of aryl methyl sites for hydroxylation is 1. The van der Waals surface area contributed by atoms with Gasteiger partial charge >= 0.3 is 0 Å². The van der Waals surface area contributed by atoms with Crippen LogP contribution >= 0.6 is 11.8 Å². The molecule has 6 heteroatoms. The second-order valence-electron chi connectivity index (χ2n) is 6.82. The smallest absolute Gasteiger partial charge is 0.257 e. The summed E-state index contributed by atoms with van der Waals surface area (Å²) in [5.74, 6) is -0.00267. The van der Waals surface area contributed by atoms with Gasteiger partial charge in [0.2, 0.25) is 5.91 Å². The van der Waals surface area contributed by atoms with Crippen LogP contribution in [0.5, 0.6) is 0 Å². The zero-order valence-corrected chi connectivity index (χ0v) is 17.6. The van der Waals surface area contributed by atoms with Crippen molar-refractivity contribution in [3.8, 4) is 0 Å². The standard InChI is InChI=1S/C21H29N3O2S/c1-6-14(3)22-19(25)18(7-2)27-21-23-15(4)17(20(26)24(21)5)13-16-11-9-8-10-12-16/h8-12,14,18H,6-7,13H2,1-5H3,(H,22,25). The number of rotatable bonds is 8. The number of hydrogen-bond donors (Lipinski definition) is 1. The summed E-state index contributed by atoms with van der Waals surface area (Å²) in [5.41, 5.74) is 2.46. The lowest BCUT2D eigenvalue weighted by molar-refractivity contribution is -0.121. The first-order valence-electron chi connectivity index (χ1n) is 9.44. The predicted molar refractivity (Wildman–Crippen MR) is 111 cm³/mol. The first-order chi connectivity index (χ1) is 12.9. The number of carbonyl (C=O) groups is 1. The van der Waals surface area contributed by atoms with Crippen LogP contribution in [-0.2, 0) is 18.3 Å². The molecule has 1 heterocycles. The molecule has 0 radical (unpaired) electrons. The fourth-order valence-corrected chi connectivity index (χ4v) is 3.75. The van der Waals surface area contributed by atoms with E-state index in [-0.39, 0.29) is 22.8 Å². The Morgan fingerprint density at radius 2 is 1.89 bits per heavy atom. The molecule has 0 aliphatic heterocycles. The number of benzene rings is 1. The maximum absolute atomic E-state index is 12.9. The van der Waals surface area contributed by atoms with Crippen molar-refractivity contribution in [2.24, 2.45) is 7.05 Å². The lowest BCUT2D eigenvalue weighted by atomic mass is 10.1. The van der Waals surface area contributed by atoms with Gasteiger partial charge in [-0.25, -0.2) is 4.98 Å². The van der Waals surface area contributed by atoms with Crippen LogP contribution < -0.4 is 10.9 Å². The number of nitrogens with one attached hydrogen (secondary N) is 1. The van der Waals surface area contributed by atoms with Crippen molar-refractivity contribution in [2.45, 2.75) is 63.4 Å². The molecule has 0 spiro atoms. The second kappa shape index (κ2) is 9.74. The first-order valence-corrected chi connectivity index (χ1v) is 10.3. The summed E-state index contributed by atoms with van der Waals surface area (Å²) < 4.78 is 1.56. The molecule has 0 aliphatic carbocycles. The molecule has 146 valence electrons. The quantitative estimate of drug-likeness (QED) is 0.556. The van der Waals surface area contributed by atoms with E-state index in [9.17, 15) is 9.59 Å². The highest BCUT2D eigenvalue weighted by molar-refractivity contribution is 8.00. The van der Waals surface area contributed by atoms with E-state index in [4.69, 9.17) is 0 Å². The Kier molecular flexibility index (Phi) is 7.66. The fourth-order valence-electron chi connectivity index (χ4n) is 2.73. The van der Waals surface area contributed by atoms with Crippen LogP contribution in [0.25, 0.3) is 0 Å². The Labute approximate surface area is 165 Å². The number of thioether (sulfide) groups is 1. The van der Waals surface area contributed by atoms with E-state index >= 15 is 0 Å². The molecule has 2 aromatic rings. The third kappa shape index (κ3) is 5.45. The highest BCUT2D eigenvalue weighted by Gasteiger charge is 2.22. The summed E-state index contributed by atoms with van der Waals surface area (Å²) >= 11 is 1.36. The molecule has 1 aromatic carbocycles. The molecule has 2 unspecified atom stereocenters. The van der Waals surface area contributed by atoms with Crippen molar-refractivity contribution >= 4 is 17.7 Å². The molecule has 1 amide bonds. The Morgan fingerprint density at radius 1 is 1.22 bits per heavy atom. The summed E-state index contributed by atoms with van der Waals surface area (Å²) in [5, 5.41) is 3.34. The van der Waals surface area contributed by atoms with Gasteiger partial charge in [-0.3, -0.25) is 14.2 Å². The Bertz CT molecular complexity index is 833. The minimum atomic E-state index is -0.267. The molecular weight excluding hydrogens is 358 g/mol. The van der Waals surface area contributed by atoms with Crippen LogP contribution in [0.4, 0.5) is 0 Å². The average molecular weight is 388 g/mol. The third-order valence-electron chi connectivity index (χ3n) is 4.69. The number of hydrogen-bond acceptors (Lipinski definition) is 4. The number of amides is 1. The van der Waals surface area contributed by atoms with Gasteiger partial charge in [-0.1, -0.05) is 55.9 Å². The summed E-state index contributed by atoms with van der Waals surface area (Å²) in [6.45, 7) is 7.87. The second-order valence-corrected chi connectivity index (χ2v) is 7.99. The van der Waals surface area contributed by atoms with Crippen molar-refractivity contribution in [3.63, 3.8) is 0 Å². The highest BCUT2D eigenvalue weighted by atomic mass is 32.2. The Balaban J connectivity index is 2.25. The SMILES string of the molecule is CCC(C)NC(=O)C(CC)Sc1nc(C)c(Cc2ccccc2)c(=O)n1C. The molecule has 0 saturated carbocycles. The number of carbonyl (C=O) groups excluding carboxylic acids is 1. The summed E-state index contributed by atoms with van der Waals surface area (Å²) in [6, 6.07) is 10.0. The molecule has 2 atom stereocenters. The fraction of sp³-hybridized carbons (Fsp3) is 0.476. The van der Waals surface area contributed by atoms with Gasteiger partial charge in [-0.05, 0) is 32.3 Å². The van der Waals surface area contributed by atoms with E-state index in [1.165, 1.54) is 11.8 Å². The average Bonchev–Trinajstić information content (AvgIpc) is 2.67. The molecule has 0 fully saturated rings. The van der Waals surface area contributed by atoms with E-state index in [2.05, 4.69) is 10.3 Å². The Morgan fingerprint density at radius 3 is 2.48 bits per heavy atom. The van der Waals surface area contributed by atoms with Gasteiger partial charge in [0.15, 0.2) is 5.16 Å². The predicted octanol–water partition coefficient (Wildman–Crippen LogP) is 3.46. The molecule has 1 N–H and O–H groups in total. The summed E-state index contributed by atoms with van der Waals surface area (Å²) in [4.78, 5) is 30.0. The van der Waals surface area contributed by atoms with Gasteiger partial charge in [-0.15, -0.1) is 0 Å². The molecule has 0 saturated heterocycles. The van der Waals surface area contributed by atoms with Crippen molar-refractivity contribution in [2.75, 3.05) is 0 Å². The number of aromatic nitrogens is 2. The maximum atomic E-state index is 12.9. The van der Waals surface area contributed by atoms with Gasteiger partial charge < -0.3 is 5.32 Å². The lowest BCUT2D eigenvalue weighted by Crippen LogP contribution is -2.38. The minimum absolute atomic E-state index is 0.00267. The van der Waals surface area contributed by atoms with Crippen LogP contribution in [-0.4, -0.2) is 26.8 Å². The molecule has 2 rings (SSSR count). The van der Waals surface area contributed by atoms with E-state index in [1.807, 2.05) is 58.0 Å². The van der Waals surface area contributed by atoms with Crippen molar-refractivity contribution < 1.29 is 4.79 Å². The van der Waals surface area contributed by atoms with E-state index < -0.39 is 0 Å². The van der Waals surface area contributed by atoms with Crippen LogP contribution in [0.2, 0.25) is 0 Å². The molecule has 0 bridgehead atoms. The maximum Gasteiger partial charge on any atom is 0.257 e. The highest BCUT2D eigenvalue weighted by Crippen LogP contribution is 2.24. The Hall–Kier alpha value is -2.08. The van der Waals surface area contributed by atoms with Gasteiger partial charge in [0, 0.05) is 30.8 Å². The number of nitrogens with zero attached hydrogens (tertiary/aromatic N) is 2. The zero-order chi connectivity index (χ0) is 20.0. The molecule has 0 aliphatic rings.